The average molecular weight is 441 g/mol. The van der Waals surface area contributed by atoms with Crippen molar-refractivity contribution in [1.29, 1.82) is 0 Å². The topological polar surface area (TPSA) is 87.9 Å². The number of fused-ring (bicyclic) bond motifs is 1. The maximum Gasteiger partial charge on any atom is 0.233 e. The van der Waals surface area contributed by atoms with Crippen molar-refractivity contribution in [2.75, 3.05) is 13.7 Å². The van der Waals surface area contributed by atoms with E-state index in [1.807, 2.05) is 47.2 Å². The molecule has 0 bridgehead atoms. The van der Waals surface area contributed by atoms with Gasteiger partial charge in [-0.15, -0.1) is 0 Å². The third-order valence-electron chi connectivity index (χ3n) is 4.53. The molecule has 9 heteroatoms. The van der Waals surface area contributed by atoms with Crippen molar-refractivity contribution < 1.29 is 19.8 Å². The summed E-state index contributed by atoms with van der Waals surface area (Å²) in [5.74, 6) is 0.964. The number of halogens is 1. The van der Waals surface area contributed by atoms with Gasteiger partial charge in [-0.3, -0.25) is 4.98 Å². The van der Waals surface area contributed by atoms with E-state index in [0.717, 1.165) is 28.6 Å². The first-order valence-electron chi connectivity index (χ1n) is 9.88. The molecule has 160 valence electrons. The molecule has 3 heterocycles. The zero-order valence-electron chi connectivity index (χ0n) is 17.3. The van der Waals surface area contributed by atoms with Crippen LogP contribution in [0.4, 0.5) is 5.69 Å². The molecule has 3 aromatic heterocycles. The van der Waals surface area contributed by atoms with Crippen LogP contribution in [0.25, 0.3) is 22.2 Å². The van der Waals surface area contributed by atoms with Gasteiger partial charge in [0, 0.05) is 48.5 Å². The summed E-state index contributed by atoms with van der Waals surface area (Å²) >= 11 is 6.26. The summed E-state index contributed by atoms with van der Waals surface area (Å²) in [6.07, 6.45) is 6.41. The van der Waals surface area contributed by atoms with Gasteiger partial charge >= 0.3 is 0 Å². The predicted octanol–water partition coefficient (Wildman–Crippen LogP) is 4.08. The minimum absolute atomic E-state index is 0.0923. The minimum Gasteiger partial charge on any atom is -0.438 e. The SMILES string of the molecule is CCCOCn1cc(-c2cccnc2)c2c(Oc3cccc([NH2+]OC)c3)nc(Cl)nc21. The third-order valence-corrected chi connectivity index (χ3v) is 4.70. The van der Waals surface area contributed by atoms with Gasteiger partial charge in [0.1, 0.15) is 12.5 Å². The molecule has 0 unspecified atom stereocenters. The van der Waals surface area contributed by atoms with Crippen molar-refractivity contribution in [2.24, 2.45) is 0 Å². The highest BCUT2D eigenvalue weighted by Gasteiger charge is 2.20. The van der Waals surface area contributed by atoms with Gasteiger partial charge in [0.2, 0.25) is 11.2 Å². The first kappa shape index (κ1) is 21.2. The standard InChI is InChI=1S/C22H22ClN5O3/c1-3-10-30-14-28-13-18(15-6-5-9-24-12-15)19-20(28)25-22(23)26-21(19)31-17-8-4-7-16(11-17)27-29-2/h4-9,11-13,27H,3,10,14H2,1-2H3/p+1. The van der Waals surface area contributed by atoms with Crippen LogP contribution in [0.15, 0.2) is 55.0 Å². The van der Waals surface area contributed by atoms with E-state index in [4.69, 9.17) is 25.9 Å². The second-order valence-electron chi connectivity index (χ2n) is 6.82. The van der Waals surface area contributed by atoms with Gasteiger partial charge in [-0.25, -0.2) is 4.84 Å². The van der Waals surface area contributed by atoms with E-state index in [-0.39, 0.29) is 5.28 Å². The van der Waals surface area contributed by atoms with Crippen molar-refractivity contribution in [2.45, 2.75) is 20.1 Å². The monoisotopic (exact) mass is 440 g/mol. The van der Waals surface area contributed by atoms with Crippen LogP contribution in [0, 0.1) is 0 Å². The Morgan fingerprint density at radius 3 is 2.84 bits per heavy atom. The third kappa shape index (κ3) is 4.83. The van der Waals surface area contributed by atoms with Crippen molar-refractivity contribution in [3.63, 3.8) is 0 Å². The van der Waals surface area contributed by atoms with E-state index < -0.39 is 0 Å². The van der Waals surface area contributed by atoms with Crippen molar-refractivity contribution in [3.8, 4) is 22.8 Å². The first-order chi connectivity index (χ1) is 15.2. The number of benzene rings is 1. The fourth-order valence-corrected chi connectivity index (χ4v) is 3.40. The molecular formula is C22H23ClN5O3+. The highest BCUT2D eigenvalue weighted by atomic mass is 35.5. The molecular weight excluding hydrogens is 418 g/mol. The number of ether oxygens (including phenoxy) is 2. The van der Waals surface area contributed by atoms with Gasteiger partial charge < -0.3 is 14.0 Å². The Balaban J connectivity index is 1.83. The van der Waals surface area contributed by atoms with E-state index >= 15 is 0 Å². The number of quaternary nitrogens is 1. The van der Waals surface area contributed by atoms with Crippen LogP contribution in [0.5, 0.6) is 11.6 Å². The summed E-state index contributed by atoms with van der Waals surface area (Å²) in [5, 5.41) is 0.827. The number of pyridine rings is 1. The Morgan fingerprint density at radius 1 is 1.16 bits per heavy atom. The van der Waals surface area contributed by atoms with E-state index in [1.54, 1.807) is 25.0 Å². The van der Waals surface area contributed by atoms with Crippen molar-refractivity contribution in [3.05, 3.63) is 60.3 Å². The zero-order valence-corrected chi connectivity index (χ0v) is 18.0. The number of rotatable bonds is 9. The lowest BCUT2D eigenvalue weighted by Gasteiger charge is -2.09. The first-order valence-corrected chi connectivity index (χ1v) is 10.3. The lowest BCUT2D eigenvalue weighted by Crippen LogP contribution is -2.75. The summed E-state index contributed by atoms with van der Waals surface area (Å²) in [4.78, 5) is 18.2. The summed E-state index contributed by atoms with van der Waals surface area (Å²) in [5.41, 5.74) is 4.94. The Kier molecular flexibility index (Phi) is 6.73. The van der Waals surface area contributed by atoms with Crippen molar-refractivity contribution >= 4 is 28.3 Å². The Morgan fingerprint density at radius 2 is 2.06 bits per heavy atom. The molecule has 4 rings (SSSR count). The molecule has 0 saturated carbocycles. The Hall–Kier alpha value is -3.04. The fourth-order valence-electron chi connectivity index (χ4n) is 3.25. The van der Waals surface area contributed by atoms with Gasteiger partial charge in [-0.1, -0.05) is 19.1 Å². The predicted molar refractivity (Wildman–Crippen MR) is 117 cm³/mol. The molecule has 0 radical (unpaired) electrons. The van der Waals surface area contributed by atoms with E-state index in [9.17, 15) is 0 Å². The van der Waals surface area contributed by atoms with Crippen LogP contribution in [0.1, 0.15) is 13.3 Å². The summed E-state index contributed by atoms with van der Waals surface area (Å²) < 4.78 is 13.8. The molecule has 0 atom stereocenters. The van der Waals surface area contributed by atoms with Crippen LogP contribution >= 0.6 is 11.6 Å². The van der Waals surface area contributed by atoms with Gasteiger partial charge in [-0.05, 0) is 30.2 Å². The molecule has 0 spiro atoms. The second kappa shape index (κ2) is 9.84. The fraction of sp³-hybridized carbons (Fsp3) is 0.227. The van der Waals surface area contributed by atoms with Crippen LogP contribution in [-0.2, 0) is 16.3 Å². The van der Waals surface area contributed by atoms with E-state index in [2.05, 4.69) is 21.9 Å². The smallest absolute Gasteiger partial charge is 0.233 e. The normalized spacial score (nSPS) is 11.2. The highest BCUT2D eigenvalue weighted by molar-refractivity contribution is 6.28. The molecule has 1 aromatic carbocycles. The minimum atomic E-state index is 0.0923. The molecule has 0 amide bonds. The lowest BCUT2D eigenvalue weighted by atomic mass is 10.1. The van der Waals surface area contributed by atoms with Crippen LogP contribution < -0.4 is 10.2 Å². The quantitative estimate of drug-likeness (QED) is 0.182. The molecule has 0 aliphatic heterocycles. The number of hydrogen-bond donors (Lipinski definition) is 1. The summed E-state index contributed by atoms with van der Waals surface area (Å²) in [6.45, 7) is 3.05. The highest BCUT2D eigenvalue weighted by Crippen LogP contribution is 2.37. The zero-order chi connectivity index (χ0) is 21.6. The second-order valence-corrected chi connectivity index (χ2v) is 7.15. The summed E-state index contributed by atoms with van der Waals surface area (Å²) in [6, 6.07) is 11.4. The Labute approximate surface area is 184 Å². The van der Waals surface area contributed by atoms with Gasteiger partial charge in [-0.2, -0.15) is 15.4 Å². The van der Waals surface area contributed by atoms with Crippen molar-refractivity contribution in [1.82, 2.24) is 19.5 Å². The Bertz CT molecular complexity index is 1170. The van der Waals surface area contributed by atoms with Crippen LogP contribution in [0.2, 0.25) is 5.28 Å². The number of aromatic nitrogens is 4. The molecule has 4 aromatic rings. The largest absolute Gasteiger partial charge is 0.438 e. The number of nitrogens with two attached hydrogens (primary N) is 1. The molecule has 31 heavy (non-hydrogen) atoms. The molecule has 0 aliphatic rings. The average Bonchev–Trinajstić information content (AvgIpc) is 3.14. The van der Waals surface area contributed by atoms with Crippen LogP contribution in [0.3, 0.4) is 0 Å². The van der Waals surface area contributed by atoms with E-state index in [0.29, 0.717) is 30.6 Å². The molecule has 8 nitrogen and oxygen atoms in total. The molecule has 2 N–H and O–H groups in total. The van der Waals surface area contributed by atoms with Gasteiger partial charge in [0.05, 0.1) is 12.5 Å². The molecule has 0 saturated heterocycles. The number of hydrogen-bond acceptors (Lipinski definition) is 6. The van der Waals surface area contributed by atoms with Crippen LogP contribution in [-0.4, -0.2) is 33.2 Å². The number of nitrogens with zero attached hydrogens (tertiary/aromatic N) is 4. The summed E-state index contributed by atoms with van der Waals surface area (Å²) in [7, 11) is 1.60. The van der Waals surface area contributed by atoms with Gasteiger partial charge in [0.15, 0.2) is 11.3 Å². The van der Waals surface area contributed by atoms with Gasteiger partial charge in [0.25, 0.3) is 0 Å². The molecule has 0 aliphatic carbocycles. The maximum atomic E-state index is 6.26. The van der Waals surface area contributed by atoms with E-state index in [1.165, 1.54) is 0 Å². The lowest BCUT2D eigenvalue weighted by molar-refractivity contribution is -0.830. The maximum absolute atomic E-state index is 6.26. The molecule has 0 fully saturated rings.